The first-order chi connectivity index (χ1) is 5.65. The molecule has 0 aliphatic rings. The summed E-state index contributed by atoms with van der Waals surface area (Å²) in [4.78, 5) is 0.276. The van der Waals surface area contributed by atoms with Gasteiger partial charge in [0.15, 0.2) is 0 Å². The molecule has 0 amide bonds. The second-order valence-corrected chi connectivity index (χ2v) is 3.98. The van der Waals surface area contributed by atoms with Crippen molar-refractivity contribution in [2.45, 2.75) is 18.7 Å². The Balaban J connectivity index is 3.09. The highest BCUT2D eigenvalue weighted by molar-refractivity contribution is 9.09. The lowest BCUT2D eigenvalue weighted by molar-refractivity contribution is 1.19. The molecule has 1 aromatic carbocycles. The summed E-state index contributed by atoms with van der Waals surface area (Å²) in [5.41, 5.74) is 3.92. The summed E-state index contributed by atoms with van der Waals surface area (Å²) in [5.74, 6) is 0. The number of halogens is 1. The predicted octanol–water partition coefficient (Wildman–Crippen LogP) is 3.93. The van der Waals surface area contributed by atoms with Crippen LogP contribution in [0.25, 0.3) is 0 Å². The Kier molecular flexibility index (Phi) is 3.10. The van der Waals surface area contributed by atoms with Crippen molar-refractivity contribution in [3.8, 4) is 0 Å². The van der Waals surface area contributed by atoms with Crippen LogP contribution in [0, 0.1) is 13.8 Å². The van der Waals surface area contributed by atoms with Crippen LogP contribution in [0.1, 0.15) is 21.5 Å². The molecule has 1 heteroatoms. The average Bonchev–Trinajstić information content (AvgIpc) is 2.03. The van der Waals surface area contributed by atoms with E-state index in [1.807, 2.05) is 6.08 Å². The number of alkyl halides is 1. The molecule has 0 N–H and O–H groups in total. The maximum absolute atomic E-state index is 3.75. The van der Waals surface area contributed by atoms with Crippen molar-refractivity contribution in [3.05, 3.63) is 47.5 Å². The zero-order valence-electron chi connectivity index (χ0n) is 7.47. The Labute approximate surface area is 82.4 Å². The molecule has 0 radical (unpaired) electrons. The smallest absolute Gasteiger partial charge is 0.0575 e. The molecule has 0 aliphatic carbocycles. The summed E-state index contributed by atoms with van der Waals surface area (Å²) >= 11 is 3.54. The number of hydrogen-bond donors (Lipinski definition) is 0. The molecule has 1 aromatic rings. The molecule has 0 aromatic heterocycles. The van der Waals surface area contributed by atoms with Crippen molar-refractivity contribution in [3.63, 3.8) is 0 Å². The molecular formula is C11H13Br. The quantitative estimate of drug-likeness (QED) is 0.528. The van der Waals surface area contributed by atoms with E-state index in [-0.39, 0.29) is 4.83 Å². The van der Waals surface area contributed by atoms with E-state index < -0.39 is 0 Å². The third-order valence-electron chi connectivity index (χ3n) is 1.93. The minimum Gasteiger partial charge on any atom is -0.102 e. The molecule has 12 heavy (non-hydrogen) atoms. The third-order valence-corrected chi connectivity index (χ3v) is 2.80. The average molecular weight is 225 g/mol. The molecule has 0 fully saturated rings. The van der Waals surface area contributed by atoms with E-state index in [1.165, 1.54) is 16.7 Å². The van der Waals surface area contributed by atoms with Gasteiger partial charge in [0.25, 0.3) is 0 Å². The van der Waals surface area contributed by atoms with Crippen molar-refractivity contribution in [1.29, 1.82) is 0 Å². The Bertz CT molecular complexity index is 289. The van der Waals surface area contributed by atoms with Gasteiger partial charge in [-0.25, -0.2) is 0 Å². The van der Waals surface area contributed by atoms with Crippen molar-refractivity contribution < 1.29 is 0 Å². The van der Waals surface area contributed by atoms with E-state index in [0.29, 0.717) is 0 Å². The van der Waals surface area contributed by atoms with Gasteiger partial charge in [0.1, 0.15) is 0 Å². The number of aryl methyl sites for hydroxylation is 2. The first kappa shape index (κ1) is 9.53. The van der Waals surface area contributed by atoms with Crippen LogP contribution >= 0.6 is 15.9 Å². The van der Waals surface area contributed by atoms with Crippen molar-refractivity contribution >= 4 is 15.9 Å². The fourth-order valence-electron chi connectivity index (χ4n) is 1.26. The van der Waals surface area contributed by atoms with E-state index in [4.69, 9.17) is 0 Å². The topological polar surface area (TPSA) is 0 Å². The standard InChI is InChI=1S/C11H13Br/c1-4-11(12)10-6-5-8(2)7-9(10)3/h4-7,11H,1H2,2-3H3. The van der Waals surface area contributed by atoms with Crippen LogP contribution in [0.2, 0.25) is 0 Å². The van der Waals surface area contributed by atoms with E-state index in [0.717, 1.165) is 0 Å². The highest BCUT2D eigenvalue weighted by Gasteiger charge is 2.04. The highest BCUT2D eigenvalue weighted by Crippen LogP contribution is 2.26. The molecule has 0 bridgehead atoms. The maximum atomic E-state index is 3.75. The van der Waals surface area contributed by atoms with Crippen LogP contribution in [0.4, 0.5) is 0 Å². The molecule has 0 aliphatic heterocycles. The maximum Gasteiger partial charge on any atom is 0.0575 e. The van der Waals surface area contributed by atoms with Gasteiger partial charge in [0.2, 0.25) is 0 Å². The van der Waals surface area contributed by atoms with Crippen LogP contribution in [0.3, 0.4) is 0 Å². The lowest BCUT2D eigenvalue weighted by Gasteiger charge is -2.08. The summed E-state index contributed by atoms with van der Waals surface area (Å²) < 4.78 is 0. The van der Waals surface area contributed by atoms with Gasteiger partial charge in [-0.2, -0.15) is 0 Å². The van der Waals surface area contributed by atoms with Gasteiger partial charge in [-0.15, -0.1) is 6.58 Å². The number of hydrogen-bond acceptors (Lipinski definition) is 0. The molecule has 1 rings (SSSR count). The van der Waals surface area contributed by atoms with Crippen LogP contribution in [0.5, 0.6) is 0 Å². The molecule has 0 saturated heterocycles. The zero-order chi connectivity index (χ0) is 9.14. The van der Waals surface area contributed by atoms with E-state index in [9.17, 15) is 0 Å². The SMILES string of the molecule is C=CC(Br)c1ccc(C)cc1C. The first-order valence-electron chi connectivity index (χ1n) is 3.99. The lowest BCUT2D eigenvalue weighted by Crippen LogP contribution is -1.90. The molecule has 0 spiro atoms. The first-order valence-corrected chi connectivity index (χ1v) is 4.90. The van der Waals surface area contributed by atoms with Crippen LogP contribution < -0.4 is 0 Å². The molecule has 0 nitrogen and oxygen atoms in total. The summed E-state index contributed by atoms with van der Waals surface area (Å²) in [5, 5.41) is 0. The van der Waals surface area contributed by atoms with Crippen molar-refractivity contribution in [2.24, 2.45) is 0 Å². The summed E-state index contributed by atoms with van der Waals surface area (Å²) in [6, 6.07) is 6.46. The molecule has 64 valence electrons. The van der Waals surface area contributed by atoms with Gasteiger partial charge in [-0.1, -0.05) is 45.8 Å². The summed E-state index contributed by atoms with van der Waals surface area (Å²) in [7, 11) is 0. The van der Waals surface area contributed by atoms with Gasteiger partial charge >= 0.3 is 0 Å². The van der Waals surface area contributed by atoms with Gasteiger partial charge in [0.05, 0.1) is 4.83 Å². The van der Waals surface area contributed by atoms with Crippen molar-refractivity contribution in [2.75, 3.05) is 0 Å². The van der Waals surface area contributed by atoms with Crippen LogP contribution in [-0.4, -0.2) is 0 Å². The molecule has 1 unspecified atom stereocenters. The monoisotopic (exact) mass is 224 g/mol. The molecule has 0 saturated carbocycles. The van der Waals surface area contributed by atoms with E-state index >= 15 is 0 Å². The lowest BCUT2D eigenvalue weighted by atomic mass is 10.0. The normalized spacial score (nSPS) is 12.6. The van der Waals surface area contributed by atoms with Crippen molar-refractivity contribution in [1.82, 2.24) is 0 Å². The minimum atomic E-state index is 0.276. The van der Waals surface area contributed by atoms with E-state index in [2.05, 4.69) is 54.6 Å². The molecule has 1 atom stereocenters. The minimum absolute atomic E-state index is 0.276. The summed E-state index contributed by atoms with van der Waals surface area (Å²) in [6.07, 6.45) is 1.90. The number of benzene rings is 1. The third kappa shape index (κ3) is 1.98. The Hall–Kier alpha value is -0.560. The Morgan fingerprint density at radius 1 is 1.42 bits per heavy atom. The fourth-order valence-corrected chi connectivity index (χ4v) is 1.78. The van der Waals surface area contributed by atoms with Gasteiger partial charge in [0, 0.05) is 0 Å². The fraction of sp³-hybridized carbons (Fsp3) is 0.273. The second kappa shape index (κ2) is 3.90. The number of rotatable bonds is 2. The molecule has 0 heterocycles. The van der Waals surface area contributed by atoms with Crippen LogP contribution in [0.15, 0.2) is 30.9 Å². The van der Waals surface area contributed by atoms with Crippen LogP contribution in [-0.2, 0) is 0 Å². The van der Waals surface area contributed by atoms with E-state index in [1.54, 1.807) is 0 Å². The zero-order valence-corrected chi connectivity index (χ0v) is 9.06. The summed E-state index contributed by atoms with van der Waals surface area (Å²) in [6.45, 7) is 7.98. The Morgan fingerprint density at radius 3 is 2.58 bits per heavy atom. The highest BCUT2D eigenvalue weighted by atomic mass is 79.9. The van der Waals surface area contributed by atoms with Gasteiger partial charge in [-0.3, -0.25) is 0 Å². The molecular weight excluding hydrogens is 212 g/mol. The Morgan fingerprint density at radius 2 is 2.08 bits per heavy atom. The predicted molar refractivity (Wildman–Crippen MR) is 57.8 cm³/mol. The van der Waals surface area contributed by atoms with Gasteiger partial charge in [-0.05, 0) is 25.0 Å². The number of allylic oxidation sites excluding steroid dienone is 1. The largest absolute Gasteiger partial charge is 0.102 e. The van der Waals surface area contributed by atoms with Gasteiger partial charge < -0.3 is 0 Å². The second-order valence-electron chi connectivity index (χ2n) is 3.00.